The Bertz CT molecular complexity index is 388. The van der Waals surface area contributed by atoms with Gasteiger partial charge < -0.3 is 14.9 Å². The molecule has 1 aromatic rings. The van der Waals surface area contributed by atoms with Crippen LogP contribution < -0.4 is 0 Å². The SMILES string of the molecule is CCOC(=O)[C@@H](O)[C@H](O)c1c(Cl)cccc1Cl. The van der Waals surface area contributed by atoms with E-state index >= 15 is 0 Å². The smallest absolute Gasteiger partial charge is 0.338 e. The fraction of sp³-hybridized carbons (Fsp3) is 0.364. The first-order valence-corrected chi connectivity index (χ1v) is 5.71. The molecule has 0 saturated heterocycles. The van der Waals surface area contributed by atoms with E-state index in [-0.39, 0.29) is 22.2 Å². The zero-order chi connectivity index (χ0) is 13.0. The summed E-state index contributed by atoms with van der Waals surface area (Å²) < 4.78 is 4.59. The van der Waals surface area contributed by atoms with Gasteiger partial charge in [0.1, 0.15) is 6.10 Å². The molecule has 6 heteroatoms. The molecule has 17 heavy (non-hydrogen) atoms. The first-order valence-electron chi connectivity index (χ1n) is 4.95. The van der Waals surface area contributed by atoms with Crippen LogP contribution in [-0.2, 0) is 9.53 Å². The second-order valence-electron chi connectivity index (χ2n) is 3.28. The van der Waals surface area contributed by atoms with Crippen molar-refractivity contribution in [2.45, 2.75) is 19.1 Å². The molecule has 0 radical (unpaired) electrons. The minimum Gasteiger partial charge on any atom is -0.464 e. The largest absolute Gasteiger partial charge is 0.464 e. The van der Waals surface area contributed by atoms with Crippen LogP contribution >= 0.6 is 23.2 Å². The fourth-order valence-electron chi connectivity index (χ4n) is 1.31. The molecule has 0 aromatic heterocycles. The van der Waals surface area contributed by atoms with Gasteiger partial charge >= 0.3 is 5.97 Å². The summed E-state index contributed by atoms with van der Waals surface area (Å²) in [7, 11) is 0. The monoisotopic (exact) mass is 278 g/mol. The average molecular weight is 279 g/mol. The third kappa shape index (κ3) is 3.33. The summed E-state index contributed by atoms with van der Waals surface area (Å²) in [5, 5.41) is 19.8. The summed E-state index contributed by atoms with van der Waals surface area (Å²) in [6.07, 6.45) is -3.23. The van der Waals surface area contributed by atoms with Crippen LogP contribution in [0.5, 0.6) is 0 Å². The standard InChI is InChI=1S/C11H12Cl2O4/c1-2-17-11(16)10(15)9(14)8-6(12)4-3-5-7(8)13/h3-5,9-10,14-15H,2H2,1H3/t9-,10+/m1/s1. The third-order valence-corrected chi connectivity index (χ3v) is 2.78. The molecule has 0 aliphatic heterocycles. The molecule has 2 N–H and O–H groups in total. The second-order valence-corrected chi connectivity index (χ2v) is 4.09. The molecule has 0 heterocycles. The van der Waals surface area contributed by atoms with Crippen molar-refractivity contribution in [2.24, 2.45) is 0 Å². The van der Waals surface area contributed by atoms with Crippen molar-refractivity contribution in [3.05, 3.63) is 33.8 Å². The van der Waals surface area contributed by atoms with Crippen LogP contribution in [0.15, 0.2) is 18.2 Å². The van der Waals surface area contributed by atoms with E-state index in [9.17, 15) is 15.0 Å². The number of esters is 1. The highest BCUT2D eigenvalue weighted by atomic mass is 35.5. The van der Waals surface area contributed by atoms with Gasteiger partial charge in [-0.2, -0.15) is 0 Å². The Hall–Kier alpha value is -0.810. The molecule has 0 fully saturated rings. The Morgan fingerprint density at radius 1 is 1.35 bits per heavy atom. The predicted octanol–water partition coefficient (Wildman–Crippen LogP) is 1.95. The Morgan fingerprint density at radius 2 is 1.88 bits per heavy atom. The van der Waals surface area contributed by atoms with Crippen molar-refractivity contribution in [3.63, 3.8) is 0 Å². The van der Waals surface area contributed by atoms with Gasteiger partial charge in [-0.3, -0.25) is 0 Å². The van der Waals surface area contributed by atoms with Gasteiger partial charge in [-0.25, -0.2) is 4.79 Å². The summed E-state index contributed by atoms with van der Waals surface area (Å²) in [5.74, 6) is -0.920. The Morgan fingerprint density at radius 3 is 2.35 bits per heavy atom. The van der Waals surface area contributed by atoms with E-state index in [1.54, 1.807) is 13.0 Å². The molecule has 0 aliphatic carbocycles. The lowest BCUT2D eigenvalue weighted by Crippen LogP contribution is -2.30. The summed E-state index contributed by atoms with van der Waals surface area (Å²) in [5.41, 5.74) is 0.108. The number of rotatable bonds is 4. The molecule has 0 amide bonds. The van der Waals surface area contributed by atoms with E-state index in [0.29, 0.717) is 0 Å². The molecule has 0 aliphatic rings. The zero-order valence-electron chi connectivity index (χ0n) is 9.06. The summed E-state index contributed by atoms with van der Waals surface area (Å²) in [4.78, 5) is 11.3. The van der Waals surface area contributed by atoms with Gasteiger partial charge in [-0.15, -0.1) is 0 Å². The topological polar surface area (TPSA) is 66.8 Å². The van der Waals surface area contributed by atoms with Crippen molar-refractivity contribution in [1.29, 1.82) is 0 Å². The average Bonchev–Trinajstić information content (AvgIpc) is 2.27. The number of hydrogen-bond donors (Lipinski definition) is 2. The molecule has 94 valence electrons. The fourth-order valence-corrected chi connectivity index (χ4v) is 1.93. The van der Waals surface area contributed by atoms with Crippen molar-refractivity contribution >= 4 is 29.2 Å². The number of benzene rings is 1. The first-order chi connectivity index (χ1) is 7.99. The summed E-state index contributed by atoms with van der Waals surface area (Å²) in [6, 6.07) is 4.60. The van der Waals surface area contributed by atoms with Gasteiger partial charge in [0.25, 0.3) is 0 Å². The van der Waals surface area contributed by atoms with Gasteiger partial charge in [0, 0.05) is 15.6 Å². The Balaban J connectivity index is 2.96. The van der Waals surface area contributed by atoms with Crippen LogP contribution in [0.25, 0.3) is 0 Å². The maximum Gasteiger partial charge on any atom is 0.338 e. The molecule has 1 rings (SSSR count). The molecule has 0 saturated carbocycles. The number of carbonyl (C=O) groups is 1. The van der Waals surface area contributed by atoms with Gasteiger partial charge in [-0.05, 0) is 19.1 Å². The van der Waals surface area contributed by atoms with E-state index in [4.69, 9.17) is 23.2 Å². The highest BCUT2D eigenvalue weighted by Gasteiger charge is 2.29. The first kappa shape index (κ1) is 14.3. The maximum absolute atomic E-state index is 11.3. The summed E-state index contributed by atoms with van der Waals surface area (Å²) >= 11 is 11.7. The van der Waals surface area contributed by atoms with Crippen LogP contribution in [0.3, 0.4) is 0 Å². The van der Waals surface area contributed by atoms with Crippen molar-refractivity contribution < 1.29 is 19.7 Å². The predicted molar refractivity (Wildman–Crippen MR) is 64.1 cm³/mol. The molecular weight excluding hydrogens is 267 g/mol. The van der Waals surface area contributed by atoms with E-state index in [2.05, 4.69) is 4.74 Å². The second kappa shape index (κ2) is 6.21. The van der Waals surface area contributed by atoms with E-state index in [1.807, 2.05) is 0 Å². The van der Waals surface area contributed by atoms with Crippen molar-refractivity contribution in [3.8, 4) is 0 Å². The van der Waals surface area contributed by atoms with Crippen LogP contribution in [0.2, 0.25) is 10.0 Å². The minimum atomic E-state index is -1.72. The molecule has 2 atom stereocenters. The lowest BCUT2D eigenvalue weighted by atomic mass is 10.0. The third-order valence-electron chi connectivity index (χ3n) is 2.12. The quantitative estimate of drug-likeness (QED) is 0.827. The molecule has 0 spiro atoms. The van der Waals surface area contributed by atoms with Crippen LogP contribution in [0.1, 0.15) is 18.6 Å². The van der Waals surface area contributed by atoms with Gasteiger partial charge in [-0.1, -0.05) is 29.3 Å². The molecule has 1 aromatic carbocycles. The van der Waals surface area contributed by atoms with Crippen LogP contribution in [0.4, 0.5) is 0 Å². The summed E-state index contributed by atoms with van der Waals surface area (Å²) in [6.45, 7) is 1.71. The Kier molecular flexibility index (Phi) is 5.21. The lowest BCUT2D eigenvalue weighted by Gasteiger charge is -2.18. The maximum atomic E-state index is 11.3. The lowest BCUT2D eigenvalue weighted by molar-refractivity contribution is -0.159. The number of carbonyl (C=O) groups excluding carboxylic acids is 1. The van der Waals surface area contributed by atoms with E-state index in [0.717, 1.165) is 0 Å². The van der Waals surface area contributed by atoms with Gasteiger partial charge in [0.2, 0.25) is 0 Å². The van der Waals surface area contributed by atoms with Crippen LogP contribution in [0, 0.1) is 0 Å². The zero-order valence-corrected chi connectivity index (χ0v) is 10.6. The Labute approximate surface area is 109 Å². The normalized spacial score (nSPS) is 14.2. The van der Waals surface area contributed by atoms with Crippen molar-refractivity contribution in [2.75, 3.05) is 6.61 Å². The van der Waals surface area contributed by atoms with Crippen molar-refractivity contribution in [1.82, 2.24) is 0 Å². The van der Waals surface area contributed by atoms with Gasteiger partial charge in [0.05, 0.1) is 6.61 Å². The van der Waals surface area contributed by atoms with E-state index < -0.39 is 18.2 Å². The highest BCUT2D eigenvalue weighted by molar-refractivity contribution is 6.36. The van der Waals surface area contributed by atoms with E-state index in [1.165, 1.54) is 12.1 Å². The molecule has 4 nitrogen and oxygen atoms in total. The number of aliphatic hydroxyl groups excluding tert-OH is 2. The number of hydrogen-bond acceptors (Lipinski definition) is 4. The van der Waals surface area contributed by atoms with Crippen LogP contribution in [-0.4, -0.2) is 28.9 Å². The number of aliphatic hydroxyl groups is 2. The minimum absolute atomic E-state index is 0.108. The molecule has 0 bridgehead atoms. The molecule has 0 unspecified atom stereocenters. The highest BCUT2D eigenvalue weighted by Crippen LogP contribution is 2.32. The van der Waals surface area contributed by atoms with Gasteiger partial charge in [0.15, 0.2) is 6.10 Å². The number of halogens is 2. The number of ether oxygens (including phenoxy) is 1. The molecular formula is C11H12Cl2O4.